The molecule has 4 rings (SSSR count). The van der Waals surface area contributed by atoms with Gasteiger partial charge in [0.25, 0.3) is 5.91 Å². The van der Waals surface area contributed by atoms with Gasteiger partial charge in [0.05, 0.1) is 40.9 Å². The Morgan fingerprint density at radius 3 is 2.29 bits per heavy atom. The van der Waals surface area contributed by atoms with Crippen molar-refractivity contribution in [2.24, 2.45) is 5.92 Å². The SMILES string of the molecule is C[C@@H]1CCCCO[C@@H](CN(C)S(=O)(=O)c2ccc(F)cc2)[C@@H](C)CN([C@@H](C)CO)C(=O)c2cc(NC(=O)Nc3ccc(C(F)(F)F)cc3)ccc2O1. The number of amides is 3. The van der Waals surface area contributed by atoms with E-state index in [0.29, 0.717) is 25.9 Å². The summed E-state index contributed by atoms with van der Waals surface area (Å²) in [6.45, 7) is 5.18. The number of rotatable bonds is 8. The van der Waals surface area contributed by atoms with E-state index in [4.69, 9.17) is 9.47 Å². The van der Waals surface area contributed by atoms with Gasteiger partial charge in [0.1, 0.15) is 11.6 Å². The summed E-state index contributed by atoms with van der Waals surface area (Å²) >= 11 is 0. The summed E-state index contributed by atoms with van der Waals surface area (Å²) in [5.74, 6) is -1.32. The predicted octanol–water partition coefficient (Wildman–Crippen LogP) is 6.60. The molecule has 1 aliphatic heterocycles. The first-order valence-corrected chi connectivity index (χ1v) is 18.2. The lowest BCUT2D eigenvalue weighted by Gasteiger charge is -2.35. The van der Waals surface area contributed by atoms with E-state index < -0.39 is 64.2 Å². The highest BCUT2D eigenvalue weighted by atomic mass is 32.2. The molecule has 11 nitrogen and oxygen atoms in total. The molecule has 0 spiro atoms. The van der Waals surface area contributed by atoms with Crippen molar-refractivity contribution in [3.05, 3.63) is 83.7 Å². The molecule has 0 fully saturated rings. The van der Waals surface area contributed by atoms with Gasteiger partial charge < -0.3 is 30.1 Å². The van der Waals surface area contributed by atoms with Gasteiger partial charge in [-0.05, 0) is 99.8 Å². The standard InChI is InChI=1S/C36H44F4N4O7S/c1-23-20-44(24(2)22-45)34(46)31-19-29(42-35(47)41-28-12-8-26(9-13-28)36(38,39)40)14-17-32(31)51-25(3)7-5-6-18-50-33(23)21-43(4)52(48,49)30-15-10-27(37)11-16-30/h8-17,19,23-25,33,45H,5-7,18,20-22H2,1-4H3,(H2,41,42,47)/t23-,24-,25+,33-/m0/s1. The molecule has 3 aromatic rings. The van der Waals surface area contributed by atoms with Gasteiger partial charge in [0.15, 0.2) is 0 Å². The number of aliphatic hydroxyl groups is 1. The van der Waals surface area contributed by atoms with Crippen LogP contribution in [0.25, 0.3) is 0 Å². The number of sulfonamides is 1. The van der Waals surface area contributed by atoms with E-state index >= 15 is 0 Å². The Bertz CT molecular complexity index is 1780. The molecule has 0 unspecified atom stereocenters. The number of urea groups is 1. The smallest absolute Gasteiger partial charge is 0.416 e. The maximum Gasteiger partial charge on any atom is 0.416 e. The molecule has 52 heavy (non-hydrogen) atoms. The van der Waals surface area contributed by atoms with Crippen molar-refractivity contribution in [1.29, 1.82) is 0 Å². The first kappa shape index (κ1) is 40.5. The summed E-state index contributed by atoms with van der Waals surface area (Å²) in [6.07, 6.45) is -3.60. The fourth-order valence-electron chi connectivity index (χ4n) is 5.64. The number of aliphatic hydroxyl groups excluding tert-OH is 1. The van der Waals surface area contributed by atoms with E-state index in [1.807, 2.05) is 13.8 Å². The number of carbonyl (C=O) groups excluding carboxylic acids is 2. The number of anilines is 2. The molecule has 0 aliphatic carbocycles. The van der Waals surface area contributed by atoms with Crippen LogP contribution in [0.15, 0.2) is 71.6 Å². The van der Waals surface area contributed by atoms with Crippen molar-refractivity contribution in [3.63, 3.8) is 0 Å². The highest BCUT2D eigenvalue weighted by Crippen LogP contribution is 2.31. The molecule has 0 saturated carbocycles. The zero-order chi connectivity index (χ0) is 38.2. The molecule has 3 amide bonds. The summed E-state index contributed by atoms with van der Waals surface area (Å²) in [4.78, 5) is 28.5. The van der Waals surface area contributed by atoms with E-state index in [9.17, 15) is 40.7 Å². The van der Waals surface area contributed by atoms with Gasteiger partial charge in [-0.2, -0.15) is 17.5 Å². The average molecular weight is 753 g/mol. The molecule has 0 radical (unpaired) electrons. The maximum atomic E-state index is 14.3. The molecule has 3 aromatic carbocycles. The molecule has 0 aromatic heterocycles. The van der Waals surface area contributed by atoms with Gasteiger partial charge in [-0.25, -0.2) is 17.6 Å². The topological polar surface area (TPSA) is 138 Å². The minimum atomic E-state index is -4.53. The van der Waals surface area contributed by atoms with Crippen LogP contribution >= 0.6 is 0 Å². The summed E-state index contributed by atoms with van der Waals surface area (Å²) in [5.41, 5.74) is -0.486. The first-order valence-electron chi connectivity index (χ1n) is 16.8. The Balaban J connectivity index is 1.60. The number of likely N-dealkylation sites (N-methyl/N-ethyl adjacent to an activating group) is 1. The number of benzene rings is 3. The number of nitrogens with one attached hydrogen (secondary N) is 2. The molecule has 16 heteroatoms. The van der Waals surface area contributed by atoms with Gasteiger partial charge in [-0.1, -0.05) is 6.92 Å². The van der Waals surface area contributed by atoms with Crippen LogP contribution in [0.5, 0.6) is 5.75 Å². The molecule has 1 heterocycles. The van der Waals surface area contributed by atoms with Gasteiger partial charge in [0, 0.05) is 44.0 Å². The van der Waals surface area contributed by atoms with Crippen molar-refractivity contribution in [2.45, 2.75) is 69.4 Å². The van der Waals surface area contributed by atoms with Gasteiger partial charge in [-0.3, -0.25) is 4.79 Å². The van der Waals surface area contributed by atoms with E-state index in [1.54, 1.807) is 6.92 Å². The monoisotopic (exact) mass is 752 g/mol. The summed E-state index contributed by atoms with van der Waals surface area (Å²) in [7, 11) is -2.61. The van der Waals surface area contributed by atoms with E-state index in [-0.39, 0.29) is 46.8 Å². The summed E-state index contributed by atoms with van der Waals surface area (Å²) in [5, 5.41) is 15.3. The molecule has 1 aliphatic rings. The quantitative estimate of drug-likeness (QED) is 0.221. The number of ether oxygens (including phenoxy) is 2. The first-order chi connectivity index (χ1) is 24.5. The molecule has 3 N–H and O–H groups in total. The lowest BCUT2D eigenvalue weighted by Crippen LogP contribution is -2.48. The second-order valence-corrected chi connectivity index (χ2v) is 14.9. The van der Waals surface area contributed by atoms with Crippen molar-refractivity contribution in [2.75, 3.05) is 44.0 Å². The number of nitrogens with zero attached hydrogens (tertiary/aromatic N) is 2. The van der Waals surface area contributed by atoms with Crippen molar-refractivity contribution in [1.82, 2.24) is 9.21 Å². The van der Waals surface area contributed by atoms with E-state index in [0.717, 1.165) is 40.7 Å². The van der Waals surface area contributed by atoms with E-state index in [2.05, 4.69) is 10.6 Å². The van der Waals surface area contributed by atoms with Crippen LogP contribution in [0.1, 0.15) is 56.0 Å². The highest BCUT2D eigenvalue weighted by Gasteiger charge is 2.33. The number of carbonyl (C=O) groups is 2. The zero-order valence-electron chi connectivity index (χ0n) is 29.3. The Morgan fingerprint density at radius 2 is 1.65 bits per heavy atom. The van der Waals surface area contributed by atoms with Gasteiger partial charge in [-0.15, -0.1) is 0 Å². The number of fused-ring (bicyclic) bond motifs is 1. The normalized spacial score (nSPS) is 20.0. The van der Waals surface area contributed by atoms with Crippen molar-refractivity contribution >= 4 is 33.3 Å². The van der Waals surface area contributed by atoms with Crippen molar-refractivity contribution < 1.29 is 50.1 Å². The minimum absolute atomic E-state index is 0.0384. The Morgan fingerprint density at radius 1 is 1.02 bits per heavy atom. The van der Waals surface area contributed by atoms with Crippen LogP contribution in [-0.4, -0.2) is 86.3 Å². The second-order valence-electron chi connectivity index (χ2n) is 12.9. The number of hydrogen-bond acceptors (Lipinski definition) is 7. The third kappa shape index (κ3) is 10.6. The maximum absolute atomic E-state index is 14.3. The van der Waals surface area contributed by atoms with Crippen LogP contribution in [-0.2, 0) is 20.9 Å². The number of hydrogen-bond donors (Lipinski definition) is 3. The lowest BCUT2D eigenvalue weighted by molar-refractivity contribution is -0.137. The largest absolute Gasteiger partial charge is 0.490 e. The Labute approximate surface area is 300 Å². The van der Waals surface area contributed by atoms with Crippen LogP contribution in [0.3, 0.4) is 0 Å². The number of alkyl halides is 3. The zero-order valence-corrected chi connectivity index (χ0v) is 30.1. The molecule has 0 bridgehead atoms. The summed E-state index contributed by atoms with van der Waals surface area (Å²) < 4.78 is 92.6. The number of halogens is 4. The fraction of sp³-hybridized carbons (Fsp3) is 0.444. The third-order valence-electron chi connectivity index (χ3n) is 8.74. The Kier molecular flexibility index (Phi) is 13.6. The molecular formula is C36H44F4N4O7S. The van der Waals surface area contributed by atoms with Crippen LogP contribution in [0.2, 0.25) is 0 Å². The van der Waals surface area contributed by atoms with Gasteiger partial charge >= 0.3 is 12.2 Å². The summed E-state index contributed by atoms with van der Waals surface area (Å²) in [6, 6.07) is 11.4. The lowest BCUT2D eigenvalue weighted by atomic mass is 10.0. The molecule has 4 atom stereocenters. The van der Waals surface area contributed by atoms with Crippen LogP contribution in [0, 0.1) is 11.7 Å². The molecular weight excluding hydrogens is 708 g/mol. The third-order valence-corrected chi connectivity index (χ3v) is 10.6. The average Bonchev–Trinajstić information content (AvgIpc) is 3.09. The van der Waals surface area contributed by atoms with E-state index in [1.165, 1.54) is 42.3 Å². The van der Waals surface area contributed by atoms with Crippen LogP contribution < -0.4 is 15.4 Å². The molecule has 0 saturated heterocycles. The van der Waals surface area contributed by atoms with Crippen molar-refractivity contribution in [3.8, 4) is 5.75 Å². The molecule has 284 valence electrons. The van der Waals surface area contributed by atoms with Crippen LogP contribution in [0.4, 0.5) is 33.7 Å². The van der Waals surface area contributed by atoms with Gasteiger partial charge in [0.2, 0.25) is 10.0 Å². The fourth-order valence-corrected chi connectivity index (χ4v) is 6.82. The predicted molar refractivity (Wildman–Crippen MR) is 187 cm³/mol. The highest BCUT2D eigenvalue weighted by molar-refractivity contribution is 7.89. The Hall–Kier alpha value is -4.25. The second kappa shape index (κ2) is 17.5. The minimum Gasteiger partial charge on any atom is -0.490 e.